The lowest BCUT2D eigenvalue weighted by Crippen LogP contribution is -2.37. The zero-order valence-corrected chi connectivity index (χ0v) is 16.5. The summed E-state index contributed by atoms with van der Waals surface area (Å²) in [5, 5.41) is 3.46. The molecular weight excluding hydrogens is 380 g/mol. The van der Waals surface area contributed by atoms with Gasteiger partial charge < -0.3 is 19.7 Å². The molecule has 0 aliphatic carbocycles. The molecule has 0 atom stereocenters. The van der Waals surface area contributed by atoms with Crippen molar-refractivity contribution in [2.24, 2.45) is 0 Å². The van der Waals surface area contributed by atoms with Crippen molar-refractivity contribution in [2.75, 3.05) is 20.8 Å². The largest absolute Gasteiger partial charge is 0.493 e. The Morgan fingerprint density at radius 1 is 1.14 bits per heavy atom. The minimum absolute atomic E-state index is 0.0504. The van der Waals surface area contributed by atoms with Crippen molar-refractivity contribution >= 4 is 29.5 Å². The zero-order valence-electron chi connectivity index (χ0n) is 15.7. The topological polar surface area (TPSA) is 67.9 Å². The van der Waals surface area contributed by atoms with Gasteiger partial charge in [-0.1, -0.05) is 23.7 Å². The number of ether oxygens (including phenoxy) is 2. The van der Waals surface area contributed by atoms with Crippen LogP contribution in [0.3, 0.4) is 0 Å². The van der Waals surface area contributed by atoms with Gasteiger partial charge in [0.2, 0.25) is 11.8 Å². The predicted octanol–water partition coefficient (Wildman–Crippen LogP) is 3.03. The van der Waals surface area contributed by atoms with Gasteiger partial charge in [0.15, 0.2) is 11.5 Å². The van der Waals surface area contributed by atoms with Crippen molar-refractivity contribution in [1.82, 2.24) is 10.2 Å². The molecule has 0 fully saturated rings. The molecule has 2 aromatic carbocycles. The van der Waals surface area contributed by atoms with Gasteiger partial charge >= 0.3 is 0 Å². The van der Waals surface area contributed by atoms with Crippen LogP contribution in [-0.4, -0.2) is 37.5 Å². The summed E-state index contributed by atoms with van der Waals surface area (Å²) in [7, 11) is 3.11. The molecule has 1 heterocycles. The molecule has 2 amide bonds. The molecule has 1 N–H and O–H groups in total. The van der Waals surface area contributed by atoms with Crippen LogP contribution in [0.15, 0.2) is 42.6 Å². The average molecular weight is 401 g/mol. The summed E-state index contributed by atoms with van der Waals surface area (Å²) in [4.78, 5) is 26.3. The number of methoxy groups -OCH3 is 2. The number of carbonyl (C=O) groups excluding carboxylic acids is 2. The maximum absolute atomic E-state index is 12.6. The fourth-order valence-corrected chi connectivity index (χ4v) is 3.04. The second-order valence-corrected chi connectivity index (χ2v) is 6.76. The minimum atomic E-state index is -0.242. The number of carbonyl (C=O) groups is 2. The molecule has 3 rings (SSSR count). The quantitative estimate of drug-likeness (QED) is 0.809. The van der Waals surface area contributed by atoms with Crippen molar-refractivity contribution in [3.63, 3.8) is 0 Å². The fourth-order valence-electron chi connectivity index (χ4n) is 2.92. The van der Waals surface area contributed by atoms with E-state index < -0.39 is 0 Å². The summed E-state index contributed by atoms with van der Waals surface area (Å²) in [5.41, 5.74) is 2.61. The third-order valence-electron chi connectivity index (χ3n) is 4.46. The molecule has 0 saturated heterocycles. The first-order chi connectivity index (χ1) is 13.5. The van der Waals surface area contributed by atoms with Crippen LogP contribution < -0.4 is 14.8 Å². The molecule has 1 aliphatic rings. The number of fused-ring (bicyclic) bond motifs is 1. The zero-order chi connectivity index (χ0) is 20.1. The van der Waals surface area contributed by atoms with E-state index in [4.69, 9.17) is 21.1 Å². The van der Waals surface area contributed by atoms with Crippen LogP contribution in [0.2, 0.25) is 5.02 Å². The first-order valence-corrected chi connectivity index (χ1v) is 9.11. The van der Waals surface area contributed by atoms with E-state index in [0.717, 1.165) is 16.7 Å². The first kappa shape index (κ1) is 19.8. The van der Waals surface area contributed by atoms with Gasteiger partial charge in [-0.15, -0.1) is 0 Å². The minimum Gasteiger partial charge on any atom is -0.493 e. The molecule has 146 valence electrons. The number of halogens is 1. The van der Waals surface area contributed by atoms with E-state index in [2.05, 4.69) is 5.32 Å². The fraction of sp³-hybridized carbons (Fsp3) is 0.238. The molecular formula is C21H21ClN2O4. The van der Waals surface area contributed by atoms with Gasteiger partial charge in [0.05, 0.1) is 20.6 Å². The van der Waals surface area contributed by atoms with Gasteiger partial charge in [-0.2, -0.15) is 0 Å². The maximum Gasteiger partial charge on any atom is 0.240 e. The van der Waals surface area contributed by atoms with Crippen LogP contribution in [-0.2, 0) is 22.6 Å². The molecule has 0 saturated carbocycles. The number of nitrogens with zero attached hydrogens (tertiary/aromatic N) is 1. The third kappa shape index (κ3) is 4.64. The summed E-state index contributed by atoms with van der Waals surface area (Å²) in [6.07, 6.45) is 3.60. The Bertz CT molecular complexity index is 909. The molecule has 6 nitrogen and oxygen atoms in total. The number of hydrogen-bond donors (Lipinski definition) is 1. The summed E-state index contributed by atoms with van der Waals surface area (Å²) in [5.74, 6) is 0.752. The molecule has 1 aliphatic heterocycles. The molecule has 7 heteroatoms. The Balaban J connectivity index is 1.66. The Hall–Kier alpha value is -2.99. The van der Waals surface area contributed by atoms with E-state index in [9.17, 15) is 9.59 Å². The SMILES string of the molecule is COc1cc2c(cc1OC)CC(=O)N(CC(=O)NCc1ccc(Cl)cc1)C=C2. The van der Waals surface area contributed by atoms with Gasteiger partial charge in [0.1, 0.15) is 6.54 Å². The second kappa shape index (κ2) is 8.80. The third-order valence-corrected chi connectivity index (χ3v) is 4.71. The number of benzene rings is 2. The molecule has 0 aromatic heterocycles. The molecule has 28 heavy (non-hydrogen) atoms. The Morgan fingerprint density at radius 3 is 2.50 bits per heavy atom. The van der Waals surface area contributed by atoms with Gasteiger partial charge in [0, 0.05) is 17.8 Å². The van der Waals surface area contributed by atoms with Crippen molar-refractivity contribution in [3.8, 4) is 11.5 Å². The highest BCUT2D eigenvalue weighted by molar-refractivity contribution is 6.30. The van der Waals surface area contributed by atoms with Crippen LogP contribution in [0.4, 0.5) is 0 Å². The van der Waals surface area contributed by atoms with Crippen molar-refractivity contribution in [2.45, 2.75) is 13.0 Å². The summed E-state index contributed by atoms with van der Waals surface area (Å²) >= 11 is 5.86. The van der Waals surface area contributed by atoms with Crippen LogP contribution in [0, 0.1) is 0 Å². The monoisotopic (exact) mass is 400 g/mol. The number of rotatable bonds is 6. The van der Waals surface area contributed by atoms with Crippen LogP contribution in [0.25, 0.3) is 6.08 Å². The van der Waals surface area contributed by atoms with E-state index >= 15 is 0 Å². The lowest BCUT2D eigenvalue weighted by Gasteiger charge is -2.17. The smallest absolute Gasteiger partial charge is 0.240 e. The van der Waals surface area contributed by atoms with Crippen molar-refractivity contribution in [3.05, 3.63) is 64.3 Å². The van der Waals surface area contributed by atoms with E-state index in [1.165, 1.54) is 4.90 Å². The van der Waals surface area contributed by atoms with Gasteiger partial charge in [-0.25, -0.2) is 0 Å². The molecule has 0 radical (unpaired) electrons. The van der Waals surface area contributed by atoms with Gasteiger partial charge in [-0.3, -0.25) is 9.59 Å². The second-order valence-electron chi connectivity index (χ2n) is 6.32. The van der Waals surface area contributed by atoms with Gasteiger partial charge in [-0.05, 0) is 47.0 Å². The summed E-state index contributed by atoms with van der Waals surface area (Å²) < 4.78 is 10.6. The highest BCUT2D eigenvalue weighted by atomic mass is 35.5. The lowest BCUT2D eigenvalue weighted by atomic mass is 10.0. The van der Waals surface area contributed by atoms with Crippen LogP contribution in [0.1, 0.15) is 16.7 Å². The van der Waals surface area contributed by atoms with Crippen molar-refractivity contribution in [1.29, 1.82) is 0 Å². The van der Waals surface area contributed by atoms with E-state index in [-0.39, 0.29) is 24.8 Å². The standard InChI is InChI=1S/C21H21ClN2O4/c1-27-18-9-15-7-8-24(21(26)11-16(15)10-19(18)28-2)13-20(25)23-12-14-3-5-17(22)6-4-14/h3-10H,11-13H2,1-2H3,(H,23,25). The molecule has 0 spiro atoms. The number of hydrogen-bond acceptors (Lipinski definition) is 4. The maximum atomic E-state index is 12.6. The Kier molecular flexibility index (Phi) is 6.21. The summed E-state index contributed by atoms with van der Waals surface area (Å²) in [6, 6.07) is 10.8. The first-order valence-electron chi connectivity index (χ1n) is 8.74. The Morgan fingerprint density at radius 2 is 1.82 bits per heavy atom. The van der Waals surface area contributed by atoms with E-state index in [1.54, 1.807) is 44.7 Å². The molecule has 0 bridgehead atoms. The normalized spacial score (nSPS) is 13.0. The van der Waals surface area contributed by atoms with E-state index in [1.807, 2.05) is 18.2 Å². The number of amides is 2. The van der Waals surface area contributed by atoms with Crippen LogP contribution >= 0.6 is 11.6 Å². The molecule has 0 unspecified atom stereocenters. The van der Waals surface area contributed by atoms with Gasteiger partial charge in [0.25, 0.3) is 0 Å². The predicted molar refractivity (Wildman–Crippen MR) is 107 cm³/mol. The lowest BCUT2D eigenvalue weighted by molar-refractivity contribution is -0.132. The molecule has 2 aromatic rings. The number of nitrogens with one attached hydrogen (secondary N) is 1. The van der Waals surface area contributed by atoms with E-state index in [0.29, 0.717) is 23.1 Å². The van der Waals surface area contributed by atoms with Crippen molar-refractivity contribution < 1.29 is 19.1 Å². The average Bonchev–Trinajstić information content (AvgIpc) is 2.84. The van der Waals surface area contributed by atoms with Crippen LogP contribution in [0.5, 0.6) is 11.5 Å². The summed E-state index contributed by atoms with van der Waals surface area (Å²) in [6.45, 7) is 0.321. The Labute approximate surface area is 168 Å². The highest BCUT2D eigenvalue weighted by Crippen LogP contribution is 2.32. The highest BCUT2D eigenvalue weighted by Gasteiger charge is 2.21.